The van der Waals surface area contributed by atoms with Crippen molar-refractivity contribution in [3.05, 3.63) is 141 Å². The second-order valence-electron chi connectivity index (χ2n) is 9.48. The first-order valence-corrected chi connectivity index (χ1v) is 15.1. The molecule has 2 heterocycles. The van der Waals surface area contributed by atoms with E-state index in [4.69, 9.17) is 4.74 Å². The van der Waals surface area contributed by atoms with Gasteiger partial charge in [-0.1, -0.05) is 78.9 Å². The third-order valence-electron chi connectivity index (χ3n) is 6.75. The minimum Gasteiger partial charge on any atom is -0.465 e. The van der Waals surface area contributed by atoms with Gasteiger partial charge in [-0.3, -0.25) is 0 Å². The quantitative estimate of drug-likeness (QED) is 0.177. The SMILES string of the molecule is COC(=O)/C(C#N)=c1\nc(-c2ccccc2)/c(=C/c2ccc(-c3ccc(N(c4ccccc4)c4ccccc4)cc3)s2)s1. The predicted molar refractivity (Wildman–Crippen MR) is 176 cm³/mol. The largest absolute Gasteiger partial charge is 0.465 e. The fourth-order valence-corrected chi connectivity index (χ4v) is 6.77. The highest BCUT2D eigenvalue weighted by Gasteiger charge is 2.15. The summed E-state index contributed by atoms with van der Waals surface area (Å²) in [4.78, 5) is 21.3. The highest BCUT2D eigenvalue weighted by atomic mass is 32.1. The summed E-state index contributed by atoms with van der Waals surface area (Å²) in [5.74, 6) is -0.692. The number of nitrogens with zero attached hydrogens (tertiary/aromatic N) is 3. The van der Waals surface area contributed by atoms with Crippen LogP contribution in [0.1, 0.15) is 4.88 Å². The maximum atomic E-state index is 12.2. The summed E-state index contributed by atoms with van der Waals surface area (Å²) in [6.45, 7) is 0. The number of aromatic nitrogens is 1. The van der Waals surface area contributed by atoms with Gasteiger partial charge in [0.25, 0.3) is 0 Å². The Kier molecular flexibility index (Phi) is 8.23. The average Bonchev–Trinajstić information content (AvgIpc) is 3.71. The lowest BCUT2D eigenvalue weighted by molar-refractivity contribution is -0.133. The van der Waals surface area contributed by atoms with E-state index < -0.39 is 5.97 Å². The molecule has 0 unspecified atom stereocenters. The molecule has 6 aromatic rings. The van der Waals surface area contributed by atoms with Crippen LogP contribution in [0.4, 0.5) is 17.1 Å². The van der Waals surface area contributed by atoms with Gasteiger partial charge in [-0.2, -0.15) is 5.26 Å². The van der Waals surface area contributed by atoms with Gasteiger partial charge in [0.15, 0.2) is 5.57 Å². The number of thiazole rings is 1. The summed E-state index contributed by atoms with van der Waals surface area (Å²) in [7, 11) is 1.26. The van der Waals surface area contributed by atoms with Crippen LogP contribution in [0.3, 0.4) is 0 Å². The number of anilines is 3. The number of rotatable bonds is 7. The number of hydrogen-bond donors (Lipinski definition) is 0. The fraction of sp³-hybridized carbons (Fsp3) is 0.0278. The second kappa shape index (κ2) is 12.7. The number of carbonyl (C=O) groups is 1. The van der Waals surface area contributed by atoms with Crippen LogP contribution in [-0.2, 0) is 9.53 Å². The molecule has 0 atom stereocenters. The van der Waals surface area contributed by atoms with Gasteiger partial charge in [0.1, 0.15) is 10.7 Å². The number of ether oxygens (including phenoxy) is 1. The van der Waals surface area contributed by atoms with Crippen molar-refractivity contribution >= 4 is 57.4 Å². The summed E-state index contributed by atoms with van der Waals surface area (Å²) in [5.41, 5.74) is 5.91. The van der Waals surface area contributed by atoms with E-state index in [1.165, 1.54) is 18.4 Å². The highest BCUT2D eigenvalue weighted by Crippen LogP contribution is 2.36. The van der Waals surface area contributed by atoms with Gasteiger partial charge >= 0.3 is 5.97 Å². The van der Waals surface area contributed by atoms with E-state index >= 15 is 0 Å². The minimum atomic E-state index is -0.692. The molecule has 0 aliphatic heterocycles. The molecular weight excluding hydrogens is 571 g/mol. The number of methoxy groups -OCH3 is 1. The molecule has 208 valence electrons. The van der Waals surface area contributed by atoms with Crippen LogP contribution < -0.4 is 14.1 Å². The van der Waals surface area contributed by atoms with Gasteiger partial charge < -0.3 is 9.64 Å². The minimum absolute atomic E-state index is 0.101. The predicted octanol–water partition coefficient (Wildman–Crippen LogP) is 7.68. The van der Waals surface area contributed by atoms with Gasteiger partial charge in [0.05, 0.1) is 17.3 Å². The lowest BCUT2D eigenvalue weighted by Gasteiger charge is -2.25. The van der Waals surface area contributed by atoms with Gasteiger partial charge in [0.2, 0.25) is 0 Å². The summed E-state index contributed by atoms with van der Waals surface area (Å²) in [5, 5.41) is 9.62. The molecular formula is C36H25N3O2S2. The molecule has 7 heteroatoms. The molecule has 0 fully saturated rings. The first-order valence-electron chi connectivity index (χ1n) is 13.5. The topological polar surface area (TPSA) is 66.2 Å². The molecule has 4 aromatic carbocycles. The number of hydrogen-bond acceptors (Lipinski definition) is 7. The lowest BCUT2D eigenvalue weighted by atomic mass is 10.1. The van der Waals surface area contributed by atoms with Crippen molar-refractivity contribution in [1.29, 1.82) is 5.26 Å². The van der Waals surface area contributed by atoms with Crippen molar-refractivity contribution in [3.8, 4) is 27.8 Å². The summed E-state index contributed by atoms with van der Waals surface area (Å²) in [6, 6.07) is 45.2. The van der Waals surface area contributed by atoms with Crippen molar-refractivity contribution in [2.45, 2.75) is 0 Å². The summed E-state index contributed by atoms with van der Waals surface area (Å²) >= 11 is 2.98. The molecule has 0 radical (unpaired) electrons. The van der Waals surface area contributed by atoms with Gasteiger partial charge in [0, 0.05) is 32.4 Å². The van der Waals surface area contributed by atoms with Crippen molar-refractivity contribution < 1.29 is 9.53 Å². The zero-order valence-electron chi connectivity index (χ0n) is 23.2. The monoisotopic (exact) mass is 595 g/mol. The summed E-state index contributed by atoms with van der Waals surface area (Å²) < 4.78 is 6.02. The van der Waals surface area contributed by atoms with Crippen LogP contribution in [0, 0.1) is 11.3 Å². The average molecular weight is 596 g/mol. The molecule has 0 N–H and O–H groups in total. The van der Waals surface area contributed by atoms with E-state index in [0.717, 1.165) is 48.2 Å². The third kappa shape index (κ3) is 6.02. The molecule has 0 bridgehead atoms. The molecule has 43 heavy (non-hydrogen) atoms. The normalized spacial score (nSPS) is 12.0. The number of thiophene rings is 1. The van der Waals surface area contributed by atoms with E-state index in [1.807, 2.05) is 72.8 Å². The Morgan fingerprint density at radius 2 is 1.33 bits per heavy atom. The molecule has 5 nitrogen and oxygen atoms in total. The number of esters is 1. The Labute approximate surface area is 257 Å². The number of para-hydroxylation sites is 2. The maximum Gasteiger partial charge on any atom is 0.351 e. The molecule has 0 saturated heterocycles. The van der Waals surface area contributed by atoms with Crippen molar-refractivity contribution in [2.75, 3.05) is 12.0 Å². The molecule has 2 aromatic heterocycles. The Hall–Kier alpha value is -5.29. The zero-order valence-corrected chi connectivity index (χ0v) is 24.8. The van der Waals surface area contributed by atoms with Crippen LogP contribution in [0.25, 0.3) is 33.3 Å². The molecule has 0 amide bonds. The van der Waals surface area contributed by atoms with Crippen molar-refractivity contribution in [3.63, 3.8) is 0 Å². The Morgan fingerprint density at radius 3 is 1.91 bits per heavy atom. The second-order valence-corrected chi connectivity index (χ2v) is 11.6. The van der Waals surface area contributed by atoms with E-state index in [9.17, 15) is 10.1 Å². The Morgan fingerprint density at radius 1 is 0.744 bits per heavy atom. The van der Waals surface area contributed by atoms with Crippen LogP contribution in [0.15, 0.2) is 127 Å². The first kappa shape index (κ1) is 27.9. The van der Waals surface area contributed by atoms with Gasteiger partial charge in [-0.05, 0) is 60.2 Å². The standard InChI is InChI=1S/C36H25N3O2S2/c1-41-36(40)31(24-37)35-38-34(26-11-5-2-6-12-26)33(43-35)23-30-21-22-32(42-30)25-17-19-29(20-18-25)39(27-13-7-3-8-14-27)28-15-9-4-10-16-28/h2-23H,1H3/b33-23-,35-31+. The lowest BCUT2D eigenvalue weighted by Crippen LogP contribution is -2.13. The first-order chi connectivity index (χ1) is 21.1. The van der Waals surface area contributed by atoms with E-state index in [-0.39, 0.29) is 5.57 Å². The van der Waals surface area contributed by atoms with Crippen LogP contribution in [-0.4, -0.2) is 18.1 Å². The Balaban J connectivity index is 1.36. The number of nitriles is 1. The zero-order chi connectivity index (χ0) is 29.6. The van der Waals surface area contributed by atoms with Crippen molar-refractivity contribution in [1.82, 2.24) is 4.98 Å². The van der Waals surface area contributed by atoms with Crippen LogP contribution in [0.2, 0.25) is 0 Å². The van der Waals surface area contributed by atoms with Gasteiger partial charge in [-0.15, -0.1) is 22.7 Å². The number of carbonyl (C=O) groups excluding carboxylic acids is 1. The molecule has 0 spiro atoms. The maximum absolute atomic E-state index is 12.2. The summed E-state index contributed by atoms with van der Waals surface area (Å²) in [6.07, 6.45) is 2.06. The smallest absolute Gasteiger partial charge is 0.351 e. The van der Waals surface area contributed by atoms with E-state index in [2.05, 4.69) is 76.6 Å². The van der Waals surface area contributed by atoms with Crippen molar-refractivity contribution in [2.24, 2.45) is 0 Å². The van der Waals surface area contributed by atoms with Gasteiger partial charge in [-0.25, -0.2) is 9.78 Å². The fourth-order valence-electron chi connectivity index (χ4n) is 4.71. The molecule has 6 rings (SSSR count). The highest BCUT2D eigenvalue weighted by molar-refractivity contribution is 7.16. The van der Waals surface area contributed by atoms with E-state index in [1.54, 1.807) is 11.3 Å². The molecule has 0 saturated carbocycles. The number of benzene rings is 4. The molecule has 0 aliphatic rings. The van der Waals surface area contributed by atoms with Crippen LogP contribution in [0.5, 0.6) is 0 Å². The van der Waals surface area contributed by atoms with E-state index in [0.29, 0.717) is 4.66 Å². The molecule has 0 aliphatic carbocycles. The van der Waals surface area contributed by atoms with Crippen LogP contribution >= 0.6 is 22.7 Å². The third-order valence-corrected chi connectivity index (χ3v) is 8.86. The Bertz CT molecular complexity index is 1990.